The second kappa shape index (κ2) is 12.5. The summed E-state index contributed by atoms with van der Waals surface area (Å²) in [7, 11) is 0. The van der Waals surface area contributed by atoms with E-state index in [1.54, 1.807) is 48.5 Å². The van der Waals surface area contributed by atoms with Crippen molar-refractivity contribution in [1.82, 2.24) is 16.2 Å². The molecule has 176 valence electrons. The lowest BCUT2D eigenvalue weighted by Gasteiger charge is -2.12. The highest BCUT2D eigenvalue weighted by atomic mass is 32.1. The minimum absolute atomic E-state index is 0.0500. The summed E-state index contributed by atoms with van der Waals surface area (Å²) in [6.45, 7) is 8.63. The van der Waals surface area contributed by atoms with Gasteiger partial charge in [0.25, 0.3) is 11.8 Å². The highest BCUT2D eigenvalue weighted by Crippen LogP contribution is 2.13. The molecule has 0 aliphatic carbocycles. The Labute approximate surface area is 199 Å². The third-order valence-corrected chi connectivity index (χ3v) is 4.45. The third kappa shape index (κ3) is 9.28. The van der Waals surface area contributed by atoms with Crippen LogP contribution in [0.1, 0.15) is 54.8 Å². The summed E-state index contributed by atoms with van der Waals surface area (Å²) in [6, 6.07) is 13.1. The maximum absolute atomic E-state index is 12.3. The molecule has 9 heteroatoms. The van der Waals surface area contributed by atoms with Gasteiger partial charge in [0.15, 0.2) is 5.11 Å². The average molecular weight is 471 g/mol. The monoisotopic (exact) mass is 470 g/mol. The number of hydrogen-bond acceptors (Lipinski definition) is 5. The predicted octanol–water partition coefficient (Wildman–Crippen LogP) is 3.66. The molecule has 33 heavy (non-hydrogen) atoms. The summed E-state index contributed by atoms with van der Waals surface area (Å²) < 4.78 is 5.59. The maximum atomic E-state index is 12.3. The molecule has 0 fully saturated rings. The zero-order valence-electron chi connectivity index (χ0n) is 19.2. The van der Waals surface area contributed by atoms with E-state index in [-0.39, 0.29) is 16.9 Å². The number of hydrogen-bond donors (Lipinski definition) is 4. The molecule has 0 heterocycles. The molecule has 0 bridgehead atoms. The van der Waals surface area contributed by atoms with E-state index in [0.717, 1.165) is 0 Å². The van der Waals surface area contributed by atoms with Crippen molar-refractivity contribution < 1.29 is 19.1 Å². The molecule has 0 spiro atoms. The molecular weight excluding hydrogens is 440 g/mol. The summed E-state index contributed by atoms with van der Waals surface area (Å²) in [5, 5.41) is 5.23. The summed E-state index contributed by atoms with van der Waals surface area (Å²) in [6.07, 6.45) is 0.422. The van der Waals surface area contributed by atoms with Crippen molar-refractivity contribution in [3.63, 3.8) is 0 Å². The molecule has 0 atom stereocenters. The summed E-state index contributed by atoms with van der Waals surface area (Å²) >= 11 is 5.07. The average Bonchev–Trinajstić information content (AvgIpc) is 2.76. The van der Waals surface area contributed by atoms with E-state index in [9.17, 15) is 14.4 Å². The van der Waals surface area contributed by atoms with Gasteiger partial charge in [-0.2, -0.15) is 0 Å². The van der Waals surface area contributed by atoms with Crippen LogP contribution >= 0.6 is 12.2 Å². The molecule has 2 rings (SSSR count). The highest BCUT2D eigenvalue weighted by molar-refractivity contribution is 7.80. The quantitative estimate of drug-likeness (QED) is 0.346. The topological polar surface area (TPSA) is 109 Å². The lowest BCUT2D eigenvalue weighted by molar-refractivity contribution is -0.116. The Kier molecular flexibility index (Phi) is 9.81. The van der Waals surface area contributed by atoms with Gasteiger partial charge in [-0.15, -0.1) is 0 Å². The first kappa shape index (κ1) is 25.8. The van der Waals surface area contributed by atoms with Crippen LogP contribution in [0.25, 0.3) is 0 Å². The zero-order chi connectivity index (χ0) is 24.4. The van der Waals surface area contributed by atoms with E-state index >= 15 is 0 Å². The fourth-order valence-corrected chi connectivity index (χ4v) is 2.79. The minimum atomic E-state index is -0.446. The first-order chi connectivity index (χ1) is 15.6. The van der Waals surface area contributed by atoms with Crippen molar-refractivity contribution in [3.8, 4) is 5.75 Å². The van der Waals surface area contributed by atoms with E-state index < -0.39 is 11.8 Å². The second-order valence-corrected chi connectivity index (χ2v) is 8.72. The molecule has 2 aromatic rings. The van der Waals surface area contributed by atoms with Crippen molar-refractivity contribution in [1.29, 1.82) is 0 Å². The van der Waals surface area contributed by atoms with Crippen molar-refractivity contribution >= 4 is 40.7 Å². The first-order valence-corrected chi connectivity index (χ1v) is 11.1. The Morgan fingerprint density at radius 2 is 1.39 bits per heavy atom. The van der Waals surface area contributed by atoms with Gasteiger partial charge < -0.3 is 10.1 Å². The number of rotatable bonds is 8. The number of carbonyl (C=O) groups is 3. The largest absolute Gasteiger partial charge is 0.493 e. The lowest BCUT2D eigenvalue weighted by atomic mass is 10.1. The molecule has 0 aliphatic rings. The molecule has 0 unspecified atom stereocenters. The standard InChI is InChI=1S/C24H30N4O4S/c1-15(2)13-21(29)25-19-9-5-18(6-10-19)23(31)27-28-24(33)26-22(30)17-7-11-20(12-8-17)32-14-16(3)4/h5-12,15-16H,13-14H2,1-4H3,(H,25,29)(H,27,31)(H2,26,28,30,33). The van der Waals surface area contributed by atoms with E-state index in [0.29, 0.717) is 41.5 Å². The van der Waals surface area contributed by atoms with Crippen LogP contribution in [0.2, 0.25) is 0 Å². The van der Waals surface area contributed by atoms with Gasteiger partial charge in [0.1, 0.15) is 5.75 Å². The van der Waals surface area contributed by atoms with E-state index in [1.807, 2.05) is 13.8 Å². The number of amides is 3. The van der Waals surface area contributed by atoms with Gasteiger partial charge in [0.05, 0.1) is 6.61 Å². The third-order valence-electron chi connectivity index (χ3n) is 4.24. The Morgan fingerprint density at radius 3 is 1.97 bits per heavy atom. The molecule has 0 radical (unpaired) electrons. The Bertz CT molecular complexity index is 973. The number of thiocarbonyl (C=S) groups is 1. The fourth-order valence-electron chi connectivity index (χ4n) is 2.65. The summed E-state index contributed by atoms with van der Waals surface area (Å²) in [5.74, 6) is 0.395. The Hall–Kier alpha value is -3.46. The lowest BCUT2D eigenvalue weighted by Crippen LogP contribution is -2.48. The van der Waals surface area contributed by atoms with Crippen LogP contribution in [-0.4, -0.2) is 29.4 Å². The summed E-state index contributed by atoms with van der Waals surface area (Å²) in [5.41, 5.74) is 6.29. The van der Waals surface area contributed by atoms with Gasteiger partial charge in [-0.1, -0.05) is 27.7 Å². The zero-order valence-corrected chi connectivity index (χ0v) is 20.0. The number of anilines is 1. The van der Waals surface area contributed by atoms with Crippen LogP contribution in [0.15, 0.2) is 48.5 Å². The normalized spacial score (nSPS) is 10.5. The van der Waals surface area contributed by atoms with Crippen LogP contribution in [-0.2, 0) is 4.79 Å². The molecule has 0 aliphatic heterocycles. The van der Waals surface area contributed by atoms with E-state index in [2.05, 4.69) is 35.3 Å². The molecular formula is C24H30N4O4S. The summed E-state index contributed by atoms with van der Waals surface area (Å²) in [4.78, 5) is 36.4. The van der Waals surface area contributed by atoms with Crippen LogP contribution < -0.4 is 26.2 Å². The maximum Gasteiger partial charge on any atom is 0.269 e. The molecule has 2 aromatic carbocycles. The highest BCUT2D eigenvalue weighted by Gasteiger charge is 2.11. The number of nitrogens with one attached hydrogen (secondary N) is 4. The van der Waals surface area contributed by atoms with E-state index in [1.165, 1.54) is 0 Å². The smallest absolute Gasteiger partial charge is 0.269 e. The molecule has 0 aromatic heterocycles. The van der Waals surface area contributed by atoms with Crippen LogP contribution in [0.4, 0.5) is 5.69 Å². The number of ether oxygens (including phenoxy) is 1. The van der Waals surface area contributed by atoms with Gasteiger partial charge in [-0.05, 0) is 72.6 Å². The second-order valence-electron chi connectivity index (χ2n) is 8.32. The molecule has 8 nitrogen and oxygen atoms in total. The molecule has 0 saturated carbocycles. The number of benzene rings is 2. The Morgan fingerprint density at radius 1 is 0.818 bits per heavy atom. The van der Waals surface area contributed by atoms with Crippen molar-refractivity contribution in [2.75, 3.05) is 11.9 Å². The van der Waals surface area contributed by atoms with Crippen molar-refractivity contribution in [2.45, 2.75) is 34.1 Å². The molecule has 3 amide bonds. The van der Waals surface area contributed by atoms with Gasteiger partial charge in [-0.25, -0.2) is 0 Å². The van der Waals surface area contributed by atoms with Crippen molar-refractivity contribution in [2.24, 2.45) is 11.8 Å². The Balaban J connectivity index is 1.79. The van der Waals surface area contributed by atoms with Crippen LogP contribution in [0.3, 0.4) is 0 Å². The SMILES string of the molecule is CC(C)COc1ccc(C(=O)NC(=S)NNC(=O)c2ccc(NC(=O)CC(C)C)cc2)cc1. The fraction of sp³-hybridized carbons (Fsp3) is 0.333. The predicted molar refractivity (Wildman–Crippen MR) is 132 cm³/mol. The molecule has 4 N–H and O–H groups in total. The van der Waals surface area contributed by atoms with Crippen LogP contribution in [0, 0.1) is 11.8 Å². The van der Waals surface area contributed by atoms with E-state index in [4.69, 9.17) is 17.0 Å². The number of carbonyl (C=O) groups excluding carboxylic acids is 3. The van der Waals surface area contributed by atoms with Gasteiger partial charge in [-0.3, -0.25) is 30.6 Å². The van der Waals surface area contributed by atoms with Crippen LogP contribution in [0.5, 0.6) is 5.75 Å². The van der Waals surface area contributed by atoms with Crippen molar-refractivity contribution in [3.05, 3.63) is 59.7 Å². The van der Waals surface area contributed by atoms with Gasteiger partial charge in [0, 0.05) is 23.2 Å². The molecule has 0 saturated heterocycles. The minimum Gasteiger partial charge on any atom is -0.493 e. The van der Waals surface area contributed by atoms with Gasteiger partial charge in [0.2, 0.25) is 5.91 Å². The number of hydrazine groups is 1. The van der Waals surface area contributed by atoms with Gasteiger partial charge >= 0.3 is 0 Å². The first-order valence-electron chi connectivity index (χ1n) is 10.7.